The molecule has 0 radical (unpaired) electrons. The van der Waals surface area contributed by atoms with Crippen molar-refractivity contribution in [3.8, 4) is 0 Å². The third-order valence-electron chi connectivity index (χ3n) is 1.46. The molecule has 4 heteroatoms. The van der Waals surface area contributed by atoms with E-state index in [1.165, 1.54) is 0 Å². The zero-order valence-electron chi connectivity index (χ0n) is 7.20. The Hall–Kier alpha value is 0.757. The second-order valence-electron chi connectivity index (χ2n) is 3.69. The Morgan fingerprint density at radius 1 is 1.20 bits per heavy atom. The highest BCUT2D eigenvalue weighted by atomic mass is 35.5. The van der Waals surface area contributed by atoms with Crippen molar-refractivity contribution < 1.29 is 0 Å². The smallest absolute Gasteiger partial charge is 0.172 e. The van der Waals surface area contributed by atoms with Crippen molar-refractivity contribution in [2.24, 2.45) is 0 Å². The van der Waals surface area contributed by atoms with Gasteiger partial charge in [-0.05, 0) is 19.1 Å². The van der Waals surface area contributed by atoms with Crippen LogP contribution in [0.4, 0.5) is 0 Å². The molecule has 0 atom stereocenters. The SMILES string of the molecule is CN(C)C(Cl)(Cl)C(C)(C)[SiH3]. The van der Waals surface area contributed by atoms with Crippen molar-refractivity contribution in [3.63, 3.8) is 0 Å². The summed E-state index contributed by atoms with van der Waals surface area (Å²) < 4.78 is -0.723. The summed E-state index contributed by atoms with van der Waals surface area (Å²) in [6.45, 7) is 4.14. The number of rotatable bonds is 2. The van der Waals surface area contributed by atoms with E-state index in [1.807, 2.05) is 19.0 Å². The highest BCUT2D eigenvalue weighted by Gasteiger charge is 2.39. The maximum Gasteiger partial charge on any atom is 0.172 e. The van der Waals surface area contributed by atoms with Crippen LogP contribution in [0.5, 0.6) is 0 Å². The first-order valence-electron chi connectivity index (χ1n) is 3.25. The van der Waals surface area contributed by atoms with Crippen LogP contribution in [0.15, 0.2) is 0 Å². The van der Waals surface area contributed by atoms with Gasteiger partial charge in [-0.25, -0.2) is 0 Å². The summed E-state index contributed by atoms with van der Waals surface area (Å²) in [5, 5.41) is 0.0135. The zero-order chi connectivity index (χ0) is 8.58. The molecule has 0 aromatic rings. The Bertz CT molecular complexity index is 117. The van der Waals surface area contributed by atoms with Gasteiger partial charge in [-0.15, -0.1) is 0 Å². The van der Waals surface area contributed by atoms with Crippen LogP contribution in [0.25, 0.3) is 0 Å². The van der Waals surface area contributed by atoms with Crippen LogP contribution in [0.3, 0.4) is 0 Å². The summed E-state index contributed by atoms with van der Waals surface area (Å²) in [4.78, 5) is 1.84. The molecule has 0 rings (SSSR count). The summed E-state index contributed by atoms with van der Waals surface area (Å²) >= 11 is 12.1. The number of hydrogen-bond donors (Lipinski definition) is 0. The van der Waals surface area contributed by atoms with Crippen LogP contribution in [0, 0.1) is 0 Å². The summed E-state index contributed by atoms with van der Waals surface area (Å²) in [6.07, 6.45) is 0. The zero-order valence-corrected chi connectivity index (χ0v) is 10.7. The average Bonchev–Trinajstić information content (AvgIpc) is 1.62. The van der Waals surface area contributed by atoms with Crippen molar-refractivity contribution in [3.05, 3.63) is 0 Å². The molecule has 0 aliphatic rings. The lowest BCUT2D eigenvalue weighted by Crippen LogP contribution is -2.42. The van der Waals surface area contributed by atoms with E-state index in [1.54, 1.807) is 0 Å². The molecule has 0 aliphatic heterocycles. The van der Waals surface area contributed by atoms with Gasteiger partial charge in [0.1, 0.15) is 0 Å². The van der Waals surface area contributed by atoms with Crippen LogP contribution in [-0.4, -0.2) is 33.7 Å². The normalized spacial score (nSPS) is 14.7. The summed E-state index contributed by atoms with van der Waals surface area (Å²) in [5.41, 5.74) is 0. The predicted octanol–water partition coefficient (Wildman–Crippen LogP) is 1.24. The fourth-order valence-corrected chi connectivity index (χ4v) is 1.12. The van der Waals surface area contributed by atoms with E-state index < -0.39 is 4.46 Å². The van der Waals surface area contributed by atoms with Crippen molar-refractivity contribution in [1.29, 1.82) is 0 Å². The second kappa shape index (κ2) is 3.01. The Labute approximate surface area is 76.1 Å². The van der Waals surface area contributed by atoms with Gasteiger partial charge in [-0.1, -0.05) is 37.0 Å². The molecule has 0 aromatic heterocycles. The lowest BCUT2D eigenvalue weighted by Gasteiger charge is -2.39. The van der Waals surface area contributed by atoms with E-state index >= 15 is 0 Å². The molecule has 10 heavy (non-hydrogen) atoms. The van der Waals surface area contributed by atoms with E-state index in [0.29, 0.717) is 0 Å². The number of nitrogens with zero attached hydrogens (tertiary/aromatic N) is 1. The van der Waals surface area contributed by atoms with Gasteiger partial charge in [0.15, 0.2) is 4.46 Å². The second-order valence-corrected chi connectivity index (χ2v) is 7.47. The van der Waals surface area contributed by atoms with Gasteiger partial charge in [0.2, 0.25) is 0 Å². The molecule has 0 saturated heterocycles. The summed E-state index contributed by atoms with van der Waals surface area (Å²) in [6, 6.07) is 0. The maximum absolute atomic E-state index is 6.07. The topological polar surface area (TPSA) is 3.24 Å². The van der Waals surface area contributed by atoms with E-state index in [-0.39, 0.29) is 5.04 Å². The van der Waals surface area contributed by atoms with Gasteiger partial charge < -0.3 is 0 Å². The Morgan fingerprint density at radius 2 is 1.50 bits per heavy atom. The molecule has 0 spiro atoms. The fourth-order valence-electron chi connectivity index (χ4n) is 0.671. The molecular formula is C6H15Cl2NSi. The molecule has 0 bridgehead atoms. The summed E-state index contributed by atoms with van der Waals surface area (Å²) in [5.74, 6) is 0. The number of halogens is 2. The molecule has 0 fully saturated rings. The molecule has 1 nitrogen and oxygen atoms in total. The van der Waals surface area contributed by atoms with Gasteiger partial charge in [-0.3, -0.25) is 4.90 Å². The first kappa shape index (κ1) is 10.8. The van der Waals surface area contributed by atoms with Gasteiger partial charge in [0, 0.05) is 10.2 Å². The summed E-state index contributed by atoms with van der Waals surface area (Å²) in [7, 11) is 4.76. The highest BCUT2D eigenvalue weighted by Crippen LogP contribution is 2.44. The molecule has 0 unspecified atom stereocenters. The van der Waals surface area contributed by atoms with E-state index in [2.05, 4.69) is 13.8 Å². The van der Waals surface area contributed by atoms with Crippen molar-refractivity contribution in [2.75, 3.05) is 14.1 Å². The molecular weight excluding hydrogens is 185 g/mol. The minimum atomic E-state index is -0.723. The van der Waals surface area contributed by atoms with E-state index in [0.717, 1.165) is 10.2 Å². The predicted molar refractivity (Wildman–Crippen MR) is 52.1 cm³/mol. The number of alkyl halides is 2. The van der Waals surface area contributed by atoms with Crippen LogP contribution in [0.1, 0.15) is 13.8 Å². The van der Waals surface area contributed by atoms with E-state index in [9.17, 15) is 0 Å². The molecule has 62 valence electrons. The Morgan fingerprint density at radius 3 is 1.50 bits per heavy atom. The van der Waals surface area contributed by atoms with Crippen LogP contribution in [-0.2, 0) is 0 Å². The third-order valence-corrected chi connectivity index (χ3v) is 4.63. The Balaban J connectivity index is 4.40. The fraction of sp³-hybridized carbons (Fsp3) is 1.00. The molecule has 0 aromatic carbocycles. The molecule has 0 N–H and O–H groups in total. The standard InChI is InChI=1S/C6H15Cl2NSi/c1-5(2,10)6(7,8)9(3)4/h1-4,10H3. The van der Waals surface area contributed by atoms with Crippen molar-refractivity contribution in [2.45, 2.75) is 23.3 Å². The number of hydrogen-bond acceptors (Lipinski definition) is 1. The quantitative estimate of drug-likeness (QED) is 0.368. The minimum absolute atomic E-state index is 0.0135. The van der Waals surface area contributed by atoms with Crippen molar-refractivity contribution in [1.82, 2.24) is 4.90 Å². The highest BCUT2D eigenvalue weighted by molar-refractivity contribution is 6.51. The molecule has 0 heterocycles. The minimum Gasteiger partial charge on any atom is -0.278 e. The first-order valence-corrected chi connectivity index (χ1v) is 5.00. The maximum atomic E-state index is 6.07. The van der Waals surface area contributed by atoms with Gasteiger partial charge in [-0.2, -0.15) is 0 Å². The first-order chi connectivity index (χ1) is 4.19. The van der Waals surface area contributed by atoms with Crippen LogP contribution >= 0.6 is 23.2 Å². The molecule has 0 aliphatic carbocycles. The molecule has 0 saturated carbocycles. The van der Waals surface area contributed by atoms with Gasteiger partial charge in [0.25, 0.3) is 0 Å². The monoisotopic (exact) mass is 199 g/mol. The average molecular weight is 200 g/mol. The van der Waals surface area contributed by atoms with Gasteiger partial charge in [0.05, 0.1) is 0 Å². The van der Waals surface area contributed by atoms with Crippen molar-refractivity contribution >= 4 is 33.4 Å². The lowest BCUT2D eigenvalue weighted by molar-refractivity contribution is 0.283. The lowest BCUT2D eigenvalue weighted by atomic mass is 10.2. The van der Waals surface area contributed by atoms with E-state index in [4.69, 9.17) is 23.2 Å². The third kappa shape index (κ3) is 2.12. The van der Waals surface area contributed by atoms with Crippen LogP contribution in [0.2, 0.25) is 5.04 Å². The van der Waals surface area contributed by atoms with Gasteiger partial charge >= 0.3 is 0 Å². The molecule has 0 amide bonds. The van der Waals surface area contributed by atoms with Crippen LogP contribution < -0.4 is 0 Å². The Kier molecular flexibility index (Phi) is 3.24. The largest absolute Gasteiger partial charge is 0.278 e.